The summed E-state index contributed by atoms with van der Waals surface area (Å²) >= 11 is 0. The predicted molar refractivity (Wildman–Crippen MR) is 41.5 cm³/mol. The number of hydrogen-bond acceptors (Lipinski definition) is 4. The summed E-state index contributed by atoms with van der Waals surface area (Å²) in [5.41, 5.74) is 0. The zero-order chi connectivity index (χ0) is 8.04. The van der Waals surface area contributed by atoms with Gasteiger partial charge in [-0.15, -0.1) is 0 Å². The second-order valence-corrected chi connectivity index (χ2v) is 2.89. The van der Waals surface area contributed by atoms with Crippen LogP contribution in [0.4, 0.5) is 0 Å². The fourth-order valence-corrected chi connectivity index (χ4v) is 0.858. The molecule has 0 aromatic rings. The van der Waals surface area contributed by atoms with Gasteiger partial charge in [0.2, 0.25) is 6.41 Å². The summed E-state index contributed by atoms with van der Waals surface area (Å²) in [6.07, 6.45) is 0.644. The number of rotatable bonds is 5. The summed E-state index contributed by atoms with van der Waals surface area (Å²) < 4.78 is 26.6. The average Bonchev–Trinajstić information content (AvgIpc) is 1.84. The topological polar surface area (TPSA) is 72.5 Å². The van der Waals surface area contributed by atoms with Gasteiger partial charge in [-0.3, -0.25) is 8.98 Å². The Kier molecular flexibility index (Phi) is 8.93. The summed E-state index contributed by atoms with van der Waals surface area (Å²) in [5, 5.41) is 0. The van der Waals surface area contributed by atoms with E-state index in [-0.39, 0.29) is 42.6 Å². The third kappa shape index (κ3) is 8.28. The van der Waals surface area contributed by atoms with Crippen molar-refractivity contribution >= 4 is 46.3 Å². The Hall–Kier alpha value is 0.380. The molecule has 0 bridgehead atoms. The van der Waals surface area contributed by atoms with Crippen LogP contribution in [-0.4, -0.2) is 51.0 Å². The molecular formula is C4H10NNaO4S. The molecule has 0 saturated heterocycles. The molecule has 0 unspecified atom stereocenters. The number of hydrogen-bond donors (Lipinski definition) is 1. The van der Waals surface area contributed by atoms with Crippen molar-refractivity contribution in [2.45, 2.75) is 13.3 Å². The summed E-state index contributed by atoms with van der Waals surface area (Å²) in [6, 6.07) is 0. The maximum absolute atomic E-state index is 10.4. The van der Waals surface area contributed by atoms with Gasteiger partial charge in [0.05, 0.1) is 6.61 Å². The summed E-state index contributed by atoms with van der Waals surface area (Å²) in [7, 11) is -3.81. The zero-order valence-electron chi connectivity index (χ0n) is 5.53. The Bertz CT molecular complexity index is 190. The molecule has 0 aromatic carbocycles. The number of nitrogens with one attached hydrogen (secondary N) is 1. The zero-order valence-corrected chi connectivity index (χ0v) is 6.35. The fourth-order valence-electron chi connectivity index (χ4n) is 0.286. The van der Waals surface area contributed by atoms with Gasteiger partial charge in [0.15, 0.2) is 0 Å². The van der Waals surface area contributed by atoms with Crippen LogP contribution < -0.4 is 4.72 Å². The van der Waals surface area contributed by atoms with Gasteiger partial charge in [0.1, 0.15) is 0 Å². The Labute approximate surface area is 88.0 Å². The molecule has 0 fully saturated rings. The minimum atomic E-state index is -3.81. The molecule has 11 heavy (non-hydrogen) atoms. The molecule has 1 N–H and O–H groups in total. The molecule has 0 aromatic heterocycles. The van der Waals surface area contributed by atoms with Crippen molar-refractivity contribution in [1.29, 1.82) is 0 Å². The van der Waals surface area contributed by atoms with Gasteiger partial charge in [0.25, 0.3) is 0 Å². The molecule has 0 heterocycles. The summed E-state index contributed by atoms with van der Waals surface area (Å²) in [6.45, 7) is 1.85. The monoisotopic (exact) mass is 191 g/mol. The van der Waals surface area contributed by atoms with Crippen molar-refractivity contribution in [2.75, 3.05) is 6.61 Å². The number of amides is 1. The summed E-state index contributed by atoms with van der Waals surface area (Å²) in [5.74, 6) is 0. The molecule has 5 nitrogen and oxygen atoms in total. The Morgan fingerprint density at radius 1 is 1.55 bits per heavy atom. The van der Waals surface area contributed by atoms with Gasteiger partial charge in [0, 0.05) is 0 Å². The van der Waals surface area contributed by atoms with E-state index in [1.165, 1.54) is 4.72 Å². The molecule has 0 rings (SSSR count). The predicted octanol–water partition coefficient (Wildman–Crippen LogP) is -1.24. The van der Waals surface area contributed by atoms with E-state index in [9.17, 15) is 13.2 Å². The van der Waals surface area contributed by atoms with Crippen molar-refractivity contribution in [3.05, 3.63) is 0 Å². The van der Waals surface area contributed by atoms with E-state index >= 15 is 0 Å². The molecule has 0 aliphatic heterocycles. The van der Waals surface area contributed by atoms with Crippen molar-refractivity contribution in [3.8, 4) is 0 Å². The first kappa shape index (κ1) is 13.9. The van der Waals surface area contributed by atoms with Gasteiger partial charge < -0.3 is 0 Å². The van der Waals surface area contributed by atoms with Crippen LogP contribution in [0, 0.1) is 0 Å². The van der Waals surface area contributed by atoms with Crippen LogP contribution in [-0.2, 0) is 19.3 Å². The van der Waals surface area contributed by atoms with Crippen LogP contribution in [0.25, 0.3) is 0 Å². The first-order valence-corrected chi connectivity index (χ1v) is 4.13. The SMILES string of the molecule is CCCOS(=O)(=O)NC=O.[NaH]. The van der Waals surface area contributed by atoms with Crippen LogP contribution in [0.1, 0.15) is 13.3 Å². The Balaban J connectivity index is 0. The van der Waals surface area contributed by atoms with E-state index in [4.69, 9.17) is 0 Å². The molecule has 7 heteroatoms. The van der Waals surface area contributed by atoms with Crippen LogP contribution in [0.5, 0.6) is 0 Å². The van der Waals surface area contributed by atoms with Gasteiger partial charge in [-0.25, -0.2) is 4.72 Å². The Morgan fingerprint density at radius 3 is 2.45 bits per heavy atom. The third-order valence-electron chi connectivity index (χ3n) is 0.635. The van der Waals surface area contributed by atoms with Crippen LogP contribution >= 0.6 is 0 Å². The second-order valence-electron chi connectivity index (χ2n) is 1.51. The van der Waals surface area contributed by atoms with Crippen molar-refractivity contribution < 1.29 is 17.4 Å². The van der Waals surface area contributed by atoms with Crippen LogP contribution in [0.3, 0.4) is 0 Å². The van der Waals surface area contributed by atoms with Gasteiger partial charge in [-0.2, -0.15) is 8.42 Å². The minimum absolute atomic E-state index is 0. The quantitative estimate of drug-likeness (QED) is 0.435. The van der Waals surface area contributed by atoms with Crippen molar-refractivity contribution in [3.63, 3.8) is 0 Å². The summed E-state index contributed by atoms with van der Waals surface area (Å²) in [4.78, 5) is 9.61. The van der Waals surface area contributed by atoms with E-state index in [1.54, 1.807) is 6.92 Å². The molecule has 0 spiro atoms. The van der Waals surface area contributed by atoms with Gasteiger partial charge in [-0.1, -0.05) is 6.92 Å². The molecule has 0 aliphatic rings. The Morgan fingerprint density at radius 2 is 2.09 bits per heavy atom. The van der Waals surface area contributed by atoms with Crippen molar-refractivity contribution in [1.82, 2.24) is 4.72 Å². The third-order valence-corrected chi connectivity index (χ3v) is 1.50. The van der Waals surface area contributed by atoms with Crippen LogP contribution in [0.2, 0.25) is 0 Å². The molecule has 0 aliphatic carbocycles. The number of carbonyl (C=O) groups excluding carboxylic acids is 1. The van der Waals surface area contributed by atoms with Crippen LogP contribution in [0.15, 0.2) is 0 Å². The maximum atomic E-state index is 10.4. The number of carbonyl (C=O) groups is 1. The first-order chi connectivity index (χ1) is 4.62. The van der Waals surface area contributed by atoms with Crippen molar-refractivity contribution in [2.24, 2.45) is 0 Å². The molecule has 62 valence electrons. The standard InChI is InChI=1S/C4H9NO4S.Na.H/c1-2-3-9-10(7,8)5-4-6;;/h4H,2-3H2,1H3,(H,5,6);;. The first-order valence-electron chi connectivity index (χ1n) is 2.72. The van der Waals surface area contributed by atoms with E-state index < -0.39 is 10.3 Å². The normalized spacial score (nSPS) is 9.91. The van der Waals surface area contributed by atoms with Gasteiger partial charge >= 0.3 is 39.9 Å². The average molecular weight is 191 g/mol. The fraction of sp³-hybridized carbons (Fsp3) is 0.750. The molecular weight excluding hydrogens is 181 g/mol. The molecule has 0 saturated carbocycles. The van der Waals surface area contributed by atoms with E-state index in [0.29, 0.717) is 6.42 Å². The van der Waals surface area contributed by atoms with E-state index in [2.05, 4.69) is 4.18 Å². The van der Waals surface area contributed by atoms with Gasteiger partial charge in [-0.05, 0) is 6.42 Å². The second kappa shape index (κ2) is 7.05. The van der Waals surface area contributed by atoms with E-state index in [1.807, 2.05) is 0 Å². The molecule has 1 amide bonds. The molecule has 0 radical (unpaired) electrons. The molecule has 0 atom stereocenters. The van der Waals surface area contributed by atoms with E-state index in [0.717, 1.165) is 0 Å².